The van der Waals surface area contributed by atoms with Gasteiger partial charge in [0.2, 0.25) is 5.91 Å². The van der Waals surface area contributed by atoms with Gasteiger partial charge in [-0.1, -0.05) is 40.7 Å². The van der Waals surface area contributed by atoms with Gasteiger partial charge in [0.15, 0.2) is 12.6 Å². The first-order valence-corrected chi connectivity index (χ1v) is 8.06. The number of nitrogens with one attached hydrogen (secondary N) is 1. The number of ether oxygens (including phenoxy) is 1. The molecule has 2 rings (SSSR count). The molecule has 0 saturated carbocycles. The smallest absolute Gasteiger partial charge is 0.330 e. The van der Waals surface area contributed by atoms with E-state index in [1.54, 1.807) is 24.3 Å². The SMILES string of the molecule is C=C(C)C(C(=O)O)N1C(=O)C(NC(=O)COc2ccccc2)C1Br. The van der Waals surface area contributed by atoms with E-state index in [4.69, 9.17) is 4.74 Å². The molecule has 8 heteroatoms. The van der Waals surface area contributed by atoms with Gasteiger partial charge in [0.1, 0.15) is 16.7 Å². The fourth-order valence-corrected chi connectivity index (χ4v) is 3.12. The molecule has 1 aliphatic heterocycles. The third-order valence-electron chi connectivity index (χ3n) is 3.47. The van der Waals surface area contributed by atoms with Crippen LogP contribution in [0.1, 0.15) is 6.92 Å². The number of para-hydroxylation sites is 1. The molecule has 1 fully saturated rings. The van der Waals surface area contributed by atoms with E-state index in [1.165, 1.54) is 6.92 Å². The largest absolute Gasteiger partial charge is 0.484 e. The summed E-state index contributed by atoms with van der Waals surface area (Å²) in [6.45, 7) is 4.89. The minimum Gasteiger partial charge on any atom is -0.484 e. The lowest BCUT2D eigenvalue weighted by Gasteiger charge is -2.46. The minimum absolute atomic E-state index is 0.240. The Labute approximate surface area is 147 Å². The molecule has 2 amide bonds. The van der Waals surface area contributed by atoms with E-state index in [9.17, 15) is 19.5 Å². The van der Waals surface area contributed by atoms with Crippen molar-refractivity contribution < 1.29 is 24.2 Å². The number of carbonyl (C=O) groups excluding carboxylic acids is 2. The van der Waals surface area contributed by atoms with Crippen LogP contribution in [0.2, 0.25) is 0 Å². The van der Waals surface area contributed by atoms with Crippen LogP contribution in [0.4, 0.5) is 0 Å². The van der Waals surface area contributed by atoms with E-state index in [-0.39, 0.29) is 6.61 Å². The summed E-state index contributed by atoms with van der Waals surface area (Å²) in [5.74, 6) is -1.58. The molecule has 1 aromatic rings. The number of benzene rings is 1. The Balaban J connectivity index is 1.90. The van der Waals surface area contributed by atoms with E-state index in [1.807, 2.05) is 6.07 Å². The quantitative estimate of drug-likeness (QED) is 0.312. The number of aliphatic carboxylic acids is 1. The molecule has 3 atom stereocenters. The molecule has 1 saturated heterocycles. The van der Waals surface area contributed by atoms with Crippen molar-refractivity contribution in [3.8, 4) is 5.75 Å². The number of carboxylic acid groups (broad SMARTS) is 1. The van der Waals surface area contributed by atoms with Crippen LogP contribution in [0.3, 0.4) is 0 Å². The van der Waals surface area contributed by atoms with Gasteiger partial charge in [-0.05, 0) is 24.6 Å². The number of carboxylic acids is 1. The fourth-order valence-electron chi connectivity index (χ4n) is 2.33. The van der Waals surface area contributed by atoms with E-state index in [2.05, 4.69) is 27.8 Å². The second kappa shape index (κ2) is 7.48. The maximum atomic E-state index is 12.2. The van der Waals surface area contributed by atoms with Gasteiger partial charge >= 0.3 is 5.97 Å². The van der Waals surface area contributed by atoms with Gasteiger partial charge in [-0.2, -0.15) is 0 Å². The van der Waals surface area contributed by atoms with Gasteiger partial charge < -0.3 is 20.1 Å². The topological polar surface area (TPSA) is 95.9 Å². The summed E-state index contributed by atoms with van der Waals surface area (Å²) in [4.78, 5) is 35.8. The van der Waals surface area contributed by atoms with Crippen LogP contribution in [0, 0.1) is 0 Å². The lowest BCUT2D eigenvalue weighted by molar-refractivity contribution is -0.159. The molecule has 0 radical (unpaired) electrons. The number of halogens is 1. The van der Waals surface area contributed by atoms with Crippen molar-refractivity contribution in [2.45, 2.75) is 24.0 Å². The van der Waals surface area contributed by atoms with E-state index >= 15 is 0 Å². The predicted octanol–water partition coefficient (Wildman–Crippen LogP) is 1.14. The Hall–Kier alpha value is -2.35. The Morgan fingerprint density at radius 3 is 2.54 bits per heavy atom. The average molecular weight is 397 g/mol. The third-order valence-corrected chi connectivity index (χ3v) is 4.44. The van der Waals surface area contributed by atoms with Gasteiger partial charge in [-0.25, -0.2) is 4.79 Å². The number of β-lactam (4-membered cyclic amide) rings is 1. The maximum absolute atomic E-state index is 12.2. The molecule has 0 bridgehead atoms. The van der Waals surface area contributed by atoms with Crippen molar-refractivity contribution in [2.24, 2.45) is 0 Å². The van der Waals surface area contributed by atoms with Gasteiger partial charge in [0, 0.05) is 0 Å². The second-order valence-corrected chi connectivity index (χ2v) is 6.29. The normalized spacial score (nSPS) is 20.8. The summed E-state index contributed by atoms with van der Waals surface area (Å²) in [5, 5.41) is 11.7. The zero-order valence-electron chi connectivity index (χ0n) is 12.9. The van der Waals surface area contributed by atoms with Crippen molar-refractivity contribution in [2.75, 3.05) is 6.61 Å². The summed E-state index contributed by atoms with van der Waals surface area (Å²) < 4.78 is 5.30. The highest BCUT2D eigenvalue weighted by molar-refractivity contribution is 9.09. The summed E-state index contributed by atoms with van der Waals surface area (Å²) in [6, 6.07) is 6.83. The van der Waals surface area contributed by atoms with Crippen LogP contribution in [0.15, 0.2) is 42.5 Å². The first-order valence-electron chi connectivity index (χ1n) is 7.14. The number of carbonyl (C=O) groups is 3. The molecule has 0 aliphatic carbocycles. The Morgan fingerprint density at radius 1 is 1.42 bits per heavy atom. The zero-order chi connectivity index (χ0) is 17.9. The molecule has 7 nitrogen and oxygen atoms in total. The lowest BCUT2D eigenvalue weighted by Crippen LogP contribution is -2.72. The van der Waals surface area contributed by atoms with Crippen LogP contribution in [0.25, 0.3) is 0 Å². The number of alkyl halides is 1. The lowest BCUT2D eigenvalue weighted by atomic mass is 10.00. The standard InChI is InChI=1S/C16H17BrN2O5/c1-9(2)13(16(22)23)19-14(17)12(15(19)21)18-11(20)8-24-10-6-4-3-5-7-10/h3-7,12-14H,1,8H2,2H3,(H,18,20)(H,22,23). The molecule has 1 heterocycles. The average Bonchev–Trinajstić information content (AvgIpc) is 2.55. The molecule has 1 aromatic carbocycles. The first-order chi connectivity index (χ1) is 11.3. The van der Waals surface area contributed by atoms with Gasteiger partial charge in [0.05, 0.1) is 0 Å². The number of nitrogens with zero attached hydrogens (tertiary/aromatic N) is 1. The molecule has 128 valence electrons. The Kier molecular flexibility index (Phi) is 5.61. The molecule has 3 unspecified atom stereocenters. The zero-order valence-corrected chi connectivity index (χ0v) is 14.5. The van der Waals surface area contributed by atoms with Gasteiger partial charge in [0.25, 0.3) is 5.91 Å². The molecular formula is C16H17BrN2O5. The number of likely N-dealkylation sites (tertiary alicyclic amines) is 1. The highest BCUT2D eigenvalue weighted by atomic mass is 79.9. The molecule has 1 aliphatic rings. The minimum atomic E-state index is -1.17. The molecular weight excluding hydrogens is 380 g/mol. The number of hydrogen-bond acceptors (Lipinski definition) is 4. The summed E-state index contributed by atoms with van der Waals surface area (Å²) in [6.07, 6.45) is 0. The van der Waals surface area contributed by atoms with Crippen molar-refractivity contribution in [3.05, 3.63) is 42.5 Å². The fraction of sp³-hybridized carbons (Fsp3) is 0.312. The first kappa shape index (κ1) is 18.0. The highest BCUT2D eigenvalue weighted by Crippen LogP contribution is 2.30. The van der Waals surface area contributed by atoms with Crippen LogP contribution >= 0.6 is 15.9 Å². The predicted molar refractivity (Wildman–Crippen MR) is 89.7 cm³/mol. The van der Waals surface area contributed by atoms with Crippen molar-refractivity contribution in [3.63, 3.8) is 0 Å². The summed E-state index contributed by atoms with van der Waals surface area (Å²) >= 11 is 3.24. The summed E-state index contributed by atoms with van der Waals surface area (Å²) in [7, 11) is 0. The second-order valence-electron chi connectivity index (χ2n) is 5.35. The van der Waals surface area contributed by atoms with E-state index in [0.717, 1.165) is 4.90 Å². The van der Waals surface area contributed by atoms with E-state index < -0.39 is 34.8 Å². The van der Waals surface area contributed by atoms with Crippen LogP contribution in [0.5, 0.6) is 5.75 Å². The molecule has 24 heavy (non-hydrogen) atoms. The Bertz CT molecular complexity index is 650. The molecule has 2 N–H and O–H groups in total. The number of rotatable bonds is 7. The van der Waals surface area contributed by atoms with Gasteiger partial charge in [-0.15, -0.1) is 0 Å². The van der Waals surface area contributed by atoms with Crippen molar-refractivity contribution >= 4 is 33.7 Å². The number of hydrogen-bond donors (Lipinski definition) is 2. The van der Waals surface area contributed by atoms with Crippen LogP contribution in [-0.4, -0.2) is 51.4 Å². The van der Waals surface area contributed by atoms with E-state index in [0.29, 0.717) is 11.3 Å². The Morgan fingerprint density at radius 2 is 2.04 bits per heavy atom. The number of amides is 2. The van der Waals surface area contributed by atoms with Crippen LogP contribution in [-0.2, 0) is 14.4 Å². The van der Waals surface area contributed by atoms with Gasteiger partial charge in [-0.3, -0.25) is 9.59 Å². The molecule has 0 aromatic heterocycles. The molecule has 0 spiro atoms. The van der Waals surface area contributed by atoms with Crippen molar-refractivity contribution in [1.29, 1.82) is 0 Å². The van der Waals surface area contributed by atoms with Crippen LogP contribution < -0.4 is 10.1 Å². The maximum Gasteiger partial charge on any atom is 0.330 e. The third kappa shape index (κ3) is 3.76. The van der Waals surface area contributed by atoms with Crippen molar-refractivity contribution in [1.82, 2.24) is 10.2 Å². The monoisotopic (exact) mass is 396 g/mol. The highest BCUT2D eigenvalue weighted by Gasteiger charge is 2.52. The summed E-state index contributed by atoms with van der Waals surface area (Å²) in [5.41, 5.74) is 0.331.